The van der Waals surface area contributed by atoms with Gasteiger partial charge in [0.25, 0.3) is 0 Å². The van der Waals surface area contributed by atoms with Gasteiger partial charge in [-0.15, -0.1) is 0 Å². The van der Waals surface area contributed by atoms with Crippen molar-refractivity contribution < 1.29 is 19.8 Å². The van der Waals surface area contributed by atoms with Crippen LogP contribution in [0.15, 0.2) is 12.1 Å². The second-order valence-electron chi connectivity index (χ2n) is 3.29. The molecule has 0 aliphatic carbocycles. The van der Waals surface area contributed by atoms with Gasteiger partial charge in [0.05, 0.1) is 5.56 Å². The van der Waals surface area contributed by atoms with Crippen LogP contribution in [0.4, 0.5) is 0 Å². The smallest absolute Gasteiger partial charge is 0.337 e. The third-order valence-electron chi connectivity index (χ3n) is 2.11. The van der Waals surface area contributed by atoms with Gasteiger partial charge in [-0.2, -0.15) is 5.26 Å². The summed E-state index contributed by atoms with van der Waals surface area (Å²) in [4.78, 5) is 21.3. The van der Waals surface area contributed by atoms with Crippen LogP contribution in [0.25, 0.3) is 0 Å². The Labute approximate surface area is 91.6 Å². The molecular weight excluding hydrogens is 210 g/mol. The Balaban J connectivity index is 3.49. The molecular formula is C11H9NO4. The summed E-state index contributed by atoms with van der Waals surface area (Å²) in [5.41, 5.74) is 0.529. The van der Waals surface area contributed by atoms with Crippen LogP contribution >= 0.6 is 0 Å². The minimum absolute atomic E-state index is 0.0582. The third-order valence-corrected chi connectivity index (χ3v) is 2.11. The number of carboxylic acids is 1. The van der Waals surface area contributed by atoms with E-state index in [0.717, 1.165) is 0 Å². The molecule has 0 radical (unpaired) electrons. The van der Waals surface area contributed by atoms with E-state index in [-0.39, 0.29) is 16.7 Å². The van der Waals surface area contributed by atoms with E-state index in [4.69, 9.17) is 10.4 Å². The van der Waals surface area contributed by atoms with Gasteiger partial charge in [-0.3, -0.25) is 4.79 Å². The largest absolute Gasteiger partial charge is 0.479 e. The van der Waals surface area contributed by atoms with Crippen LogP contribution in [0.3, 0.4) is 0 Å². The number of aryl methyl sites for hydroxylation is 1. The predicted octanol–water partition coefficient (Wildman–Crippen LogP) is 0.797. The highest BCUT2D eigenvalue weighted by atomic mass is 16.4. The van der Waals surface area contributed by atoms with E-state index in [9.17, 15) is 14.7 Å². The van der Waals surface area contributed by atoms with Gasteiger partial charge in [0.2, 0.25) is 0 Å². The lowest BCUT2D eigenvalue weighted by molar-refractivity contribution is -0.146. The molecule has 0 spiro atoms. The summed E-state index contributed by atoms with van der Waals surface area (Å²) in [6.45, 7) is 1.65. The Hall–Kier alpha value is -2.19. The van der Waals surface area contributed by atoms with Crippen molar-refractivity contribution in [2.24, 2.45) is 0 Å². The normalized spacial score (nSPS) is 11.6. The van der Waals surface area contributed by atoms with Gasteiger partial charge in [-0.05, 0) is 18.6 Å². The van der Waals surface area contributed by atoms with Gasteiger partial charge in [-0.25, -0.2) is 4.79 Å². The van der Waals surface area contributed by atoms with Gasteiger partial charge in [0, 0.05) is 11.1 Å². The van der Waals surface area contributed by atoms with E-state index in [1.54, 1.807) is 13.0 Å². The molecule has 0 heterocycles. The van der Waals surface area contributed by atoms with Crippen molar-refractivity contribution in [2.45, 2.75) is 13.0 Å². The molecule has 0 aromatic heterocycles. The number of aldehydes is 1. The van der Waals surface area contributed by atoms with Crippen LogP contribution < -0.4 is 0 Å². The molecule has 0 aliphatic heterocycles. The first-order valence-corrected chi connectivity index (χ1v) is 4.42. The number of carboxylic acid groups (broad SMARTS) is 1. The quantitative estimate of drug-likeness (QED) is 0.732. The first-order valence-electron chi connectivity index (χ1n) is 4.42. The molecule has 0 bridgehead atoms. The average molecular weight is 219 g/mol. The van der Waals surface area contributed by atoms with Gasteiger partial charge < -0.3 is 10.2 Å². The maximum atomic E-state index is 10.7. The molecule has 1 aromatic carbocycles. The number of hydrogen-bond acceptors (Lipinski definition) is 4. The van der Waals surface area contributed by atoms with Crippen LogP contribution in [-0.2, 0) is 4.79 Å². The Morgan fingerprint density at radius 3 is 2.62 bits per heavy atom. The molecule has 82 valence electrons. The minimum Gasteiger partial charge on any atom is -0.479 e. The maximum Gasteiger partial charge on any atom is 0.337 e. The van der Waals surface area contributed by atoms with E-state index >= 15 is 0 Å². The second kappa shape index (κ2) is 4.55. The highest BCUT2D eigenvalue weighted by molar-refractivity contribution is 5.83. The molecule has 0 saturated heterocycles. The molecule has 1 unspecified atom stereocenters. The first kappa shape index (κ1) is 11.9. The summed E-state index contributed by atoms with van der Waals surface area (Å²) in [7, 11) is 0. The highest BCUT2D eigenvalue weighted by Crippen LogP contribution is 2.22. The van der Waals surface area contributed by atoms with Crippen molar-refractivity contribution in [2.75, 3.05) is 0 Å². The summed E-state index contributed by atoms with van der Waals surface area (Å²) in [5, 5.41) is 26.9. The summed E-state index contributed by atoms with van der Waals surface area (Å²) in [6, 6.07) is 4.56. The topological polar surface area (TPSA) is 98.4 Å². The Morgan fingerprint density at radius 2 is 2.19 bits per heavy atom. The van der Waals surface area contributed by atoms with Gasteiger partial charge in [0.15, 0.2) is 12.4 Å². The summed E-state index contributed by atoms with van der Waals surface area (Å²) < 4.78 is 0. The summed E-state index contributed by atoms with van der Waals surface area (Å²) in [6.07, 6.45) is -1.34. The summed E-state index contributed by atoms with van der Waals surface area (Å²) >= 11 is 0. The van der Waals surface area contributed by atoms with Crippen molar-refractivity contribution in [3.8, 4) is 6.07 Å². The molecule has 0 aliphatic rings. The Kier molecular flexibility index (Phi) is 3.38. The zero-order valence-electron chi connectivity index (χ0n) is 8.47. The fourth-order valence-corrected chi connectivity index (χ4v) is 1.41. The Bertz CT molecular complexity index is 487. The lowest BCUT2D eigenvalue weighted by Gasteiger charge is -2.10. The highest BCUT2D eigenvalue weighted by Gasteiger charge is 2.21. The number of rotatable bonds is 3. The molecule has 5 nitrogen and oxygen atoms in total. The number of aliphatic carboxylic acids is 1. The van der Waals surface area contributed by atoms with Crippen molar-refractivity contribution in [1.29, 1.82) is 5.26 Å². The fourth-order valence-electron chi connectivity index (χ4n) is 1.41. The molecule has 0 saturated carbocycles. The molecule has 1 rings (SSSR count). The fraction of sp³-hybridized carbons (Fsp3) is 0.182. The van der Waals surface area contributed by atoms with E-state index < -0.39 is 12.1 Å². The van der Waals surface area contributed by atoms with Gasteiger partial charge in [-0.1, -0.05) is 6.07 Å². The summed E-state index contributed by atoms with van der Waals surface area (Å²) in [5.74, 6) is -1.46. The van der Waals surface area contributed by atoms with Crippen LogP contribution in [-0.4, -0.2) is 22.5 Å². The van der Waals surface area contributed by atoms with Crippen LogP contribution in [0.1, 0.15) is 33.2 Å². The number of aliphatic hydroxyl groups excluding tert-OH is 1. The zero-order valence-corrected chi connectivity index (χ0v) is 8.47. The number of carbonyl (C=O) groups excluding carboxylic acids is 1. The number of carbonyl (C=O) groups is 2. The molecule has 2 N–H and O–H groups in total. The number of aliphatic hydroxyl groups is 1. The van der Waals surface area contributed by atoms with Crippen LogP contribution in [0, 0.1) is 18.3 Å². The lowest BCUT2D eigenvalue weighted by Crippen LogP contribution is -2.13. The SMILES string of the molecule is Cc1cc(C=O)c(C#N)c(C(O)C(=O)O)c1. The molecule has 0 fully saturated rings. The first-order chi connectivity index (χ1) is 7.51. The predicted molar refractivity (Wildman–Crippen MR) is 53.9 cm³/mol. The standard InChI is InChI=1S/C11H9NO4/c1-6-2-7(5-13)9(4-12)8(3-6)10(14)11(15)16/h2-3,5,10,14H,1H3,(H,15,16). The average Bonchev–Trinajstić information content (AvgIpc) is 2.26. The molecule has 1 atom stereocenters. The van der Waals surface area contributed by atoms with Crippen LogP contribution in [0.2, 0.25) is 0 Å². The number of hydrogen-bond donors (Lipinski definition) is 2. The molecule has 16 heavy (non-hydrogen) atoms. The van der Waals surface area contributed by atoms with Gasteiger partial charge in [0.1, 0.15) is 6.07 Å². The molecule has 5 heteroatoms. The minimum atomic E-state index is -1.80. The van der Waals surface area contributed by atoms with Gasteiger partial charge >= 0.3 is 5.97 Å². The number of nitriles is 1. The van der Waals surface area contributed by atoms with Crippen molar-refractivity contribution in [3.05, 3.63) is 34.4 Å². The van der Waals surface area contributed by atoms with Crippen molar-refractivity contribution in [1.82, 2.24) is 0 Å². The van der Waals surface area contributed by atoms with Crippen molar-refractivity contribution in [3.63, 3.8) is 0 Å². The number of nitrogens with zero attached hydrogens (tertiary/aromatic N) is 1. The maximum absolute atomic E-state index is 10.7. The Morgan fingerprint density at radius 1 is 1.56 bits per heavy atom. The zero-order chi connectivity index (χ0) is 12.3. The van der Waals surface area contributed by atoms with E-state index in [1.165, 1.54) is 12.1 Å². The number of benzene rings is 1. The van der Waals surface area contributed by atoms with E-state index in [0.29, 0.717) is 11.8 Å². The van der Waals surface area contributed by atoms with Crippen LogP contribution in [0.5, 0.6) is 0 Å². The third kappa shape index (κ3) is 2.07. The second-order valence-corrected chi connectivity index (χ2v) is 3.29. The van der Waals surface area contributed by atoms with E-state index in [2.05, 4.69) is 0 Å². The monoisotopic (exact) mass is 219 g/mol. The van der Waals surface area contributed by atoms with Crippen molar-refractivity contribution >= 4 is 12.3 Å². The lowest BCUT2D eigenvalue weighted by atomic mass is 9.96. The van der Waals surface area contributed by atoms with E-state index in [1.807, 2.05) is 0 Å². The molecule has 1 aromatic rings. The molecule has 0 amide bonds.